The molecule has 0 aromatic carbocycles. The summed E-state index contributed by atoms with van der Waals surface area (Å²) in [5, 5.41) is 9.30. The Labute approximate surface area is 90.8 Å². The van der Waals surface area contributed by atoms with Crippen LogP contribution in [0.3, 0.4) is 0 Å². The van der Waals surface area contributed by atoms with E-state index in [1.165, 1.54) is 4.90 Å². The maximum absolute atomic E-state index is 11.6. The molecular weight excluding hydrogens is 249 g/mol. The number of hydrogen-bond donors (Lipinski definition) is 1. The van der Waals surface area contributed by atoms with Crippen LogP contribution in [-0.2, 0) is 9.59 Å². The monoisotopic (exact) mass is 262 g/mol. The van der Waals surface area contributed by atoms with Crippen molar-refractivity contribution in [3.8, 4) is 0 Å². The fourth-order valence-electron chi connectivity index (χ4n) is 1.53. The second kappa shape index (κ2) is 4.62. The van der Waals surface area contributed by atoms with Crippen molar-refractivity contribution in [2.75, 3.05) is 6.54 Å². The molecule has 77 valence electrons. The number of carbonyl (C=O) groups is 2. The number of aliphatic carboxylic acids is 1. The van der Waals surface area contributed by atoms with Crippen LogP contribution < -0.4 is 0 Å². The van der Waals surface area contributed by atoms with Crippen molar-refractivity contribution >= 4 is 27.9 Å². The molecule has 1 aliphatic rings. The van der Waals surface area contributed by atoms with Gasteiger partial charge in [-0.15, -0.1) is 0 Å². The average molecular weight is 261 g/mol. The van der Waals surface area contributed by atoms with Gasteiger partial charge in [0, 0.05) is 0 Å². The van der Waals surface area contributed by atoms with E-state index in [0.29, 0.717) is 23.9 Å². The van der Waals surface area contributed by atoms with Gasteiger partial charge in [0.05, 0.1) is 0 Å². The van der Waals surface area contributed by atoms with Gasteiger partial charge >= 0.3 is 90.4 Å². The first-order chi connectivity index (χ1) is 6.57. The number of rotatable bonds is 3. The molecule has 1 heterocycles. The molecule has 0 bridgehead atoms. The Hall–Kier alpha value is -0.801. The van der Waals surface area contributed by atoms with Crippen LogP contribution in [0.2, 0.25) is 5.32 Å². The van der Waals surface area contributed by atoms with Crippen LogP contribution >= 0.6 is 0 Å². The van der Waals surface area contributed by atoms with Gasteiger partial charge in [0.15, 0.2) is 0 Å². The molecule has 0 aromatic rings. The van der Waals surface area contributed by atoms with Crippen LogP contribution in [-0.4, -0.2) is 50.5 Å². The van der Waals surface area contributed by atoms with E-state index in [4.69, 9.17) is 5.11 Å². The van der Waals surface area contributed by atoms with E-state index in [-0.39, 0.29) is 5.91 Å². The minimum absolute atomic E-state index is 0.242. The third-order valence-electron chi connectivity index (χ3n) is 2.28. The molecular formula is C9H12NO3Se. The molecule has 1 rings (SSSR count). The normalized spacial score (nSPS) is 20.9. The van der Waals surface area contributed by atoms with Crippen LogP contribution in [0.5, 0.6) is 0 Å². The molecule has 1 radical (unpaired) electrons. The van der Waals surface area contributed by atoms with Crippen molar-refractivity contribution in [2.45, 2.75) is 24.2 Å². The average Bonchev–Trinajstić information content (AvgIpc) is 2.63. The zero-order valence-electron chi connectivity index (χ0n) is 7.73. The summed E-state index contributed by atoms with van der Waals surface area (Å²) >= 11 is 2.70. The summed E-state index contributed by atoms with van der Waals surface area (Å²) in [6, 6.07) is -0.661. The number of likely N-dealkylation sites (tertiary alicyclic amines) is 1. The van der Waals surface area contributed by atoms with Crippen LogP contribution in [0.1, 0.15) is 12.8 Å². The van der Waals surface area contributed by atoms with Crippen LogP contribution in [0.25, 0.3) is 0 Å². The second-order valence-corrected chi connectivity index (χ2v) is 3.85. The summed E-state index contributed by atoms with van der Waals surface area (Å²) < 4.78 is 0. The Bertz CT molecular complexity index is 277. The molecule has 1 amide bonds. The Morgan fingerprint density at radius 2 is 2.21 bits per heavy atom. The van der Waals surface area contributed by atoms with Crippen LogP contribution in [0.4, 0.5) is 0 Å². The predicted molar refractivity (Wildman–Crippen MR) is 52.1 cm³/mol. The molecule has 5 heteroatoms. The van der Waals surface area contributed by atoms with Crippen molar-refractivity contribution in [3.05, 3.63) is 12.2 Å². The third kappa shape index (κ3) is 2.16. The molecule has 1 atom stereocenters. The molecule has 1 fully saturated rings. The first-order valence-electron chi connectivity index (χ1n) is 4.37. The first kappa shape index (κ1) is 11.3. The van der Waals surface area contributed by atoms with Gasteiger partial charge in [-0.2, -0.15) is 0 Å². The van der Waals surface area contributed by atoms with Gasteiger partial charge in [0.1, 0.15) is 0 Å². The van der Waals surface area contributed by atoms with Crippen molar-refractivity contribution in [1.82, 2.24) is 4.90 Å². The standard InChI is InChI=1S/C9H12NO3Se/c1-6(5-14)8(11)10-4-2-3-7(10)9(12)13/h7H,1-5H2,(H,12,13). The Morgan fingerprint density at radius 1 is 1.57 bits per heavy atom. The fourth-order valence-corrected chi connectivity index (χ4v) is 1.79. The summed E-state index contributed by atoms with van der Waals surface area (Å²) in [6.07, 6.45) is 1.30. The number of nitrogens with zero attached hydrogens (tertiary/aromatic N) is 1. The van der Waals surface area contributed by atoms with Gasteiger partial charge in [-0.3, -0.25) is 0 Å². The summed E-state index contributed by atoms with van der Waals surface area (Å²) in [7, 11) is 0. The number of carboxylic acids is 1. The molecule has 14 heavy (non-hydrogen) atoms. The predicted octanol–water partition coefficient (Wildman–Crippen LogP) is 0.205. The topological polar surface area (TPSA) is 57.6 Å². The van der Waals surface area contributed by atoms with E-state index >= 15 is 0 Å². The van der Waals surface area contributed by atoms with E-state index in [9.17, 15) is 9.59 Å². The van der Waals surface area contributed by atoms with E-state index < -0.39 is 12.0 Å². The van der Waals surface area contributed by atoms with E-state index in [2.05, 4.69) is 22.6 Å². The first-order valence-corrected chi connectivity index (χ1v) is 5.58. The van der Waals surface area contributed by atoms with Gasteiger partial charge in [0.2, 0.25) is 0 Å². The maximum atomic E-state index is 11.6. The third-order valence-corrected chi connectivity index (χ3v) is 3.01. The molecule has 0 aliphatic carbocycles. The van der Waals surface area contributed by atoms with Crippen molar-refractivity contribution in [1.29, 1.82) is 0 Å². The zero-order valence-corrected chi connectivity index (χ0v) is 9.45. The van der Waals surface area contributed by atoms with Crippen LogP contribution in [0, 0.1) is 0 Å². The summed E-state index contributed by atoms with van der Waals surface area (Å²) in [4.78, 5) is 23.8. The van der Waals surface area contributed by atoms with Crippen molar-refractivity contribution in [3.63, 3.8) is 0 Å². The number of carboxylic acid groups (broad SMARTS) is 1. The fraction of sp³-hybridized carbons (Fsp3) is 0.556. The molecule has 0 aromatic heterocycles. The minimum atomic E-state index is -0.927. The molecule has 1 unspecified atom stereocenters. The molecule has 4 nitrogen and oxygen atoms in total. The molecule has 1 N–H and O–H groups in total. The van der Waals surface area contributed by atoms with E-state index in [0.717, 1.165) is 6.42 Å². The van der Waals surface area contributed by atoms with E-state index in [1.54, 1.807) is 0 Å². The summed E-state index contributed by atoms with van der Waals surface area (Å²) in [6.45, 7) is 4.12. The van der Waals surface area contributed by atoms with Gasteiger partial charge < -0.3 is 0 Å². The van der Waals surface area contributed by atoms with Gasteiger partial charge in [0.25, 0.3) is 0 Å². The Balaban J connectivity index is 2.72. The molecule has 0 saturated carbocycles. The number of hydrogen-bond acceptors (Lipinski definition) is 2. The second-order valence-electron chi connectivity index (χ2n) is 3.24. The molecule has 0 spiro atoms. The number of carbonyl (C=O) groups excluding carboxylic acids is 1. The van der Waals surface area contributed by atoms with Gasteiger partial charge in [-0.1, -0.05) is 0 Å². The van der Waals surface area contributed by atoms with E-state index in [1.807, 2.05) is 0 Å². The molecule has 1 aliphatic heterocycles. The summed E-state index contributed by atoms with van der Waals surface area (Å²) in [5.41, 5.74) is 0.429. The zero-order chi connectivity index (χ0) is 10.7. The Kier molecular flexibility index (Phi) is 3.72. The quantitative estimate of drug-likeness (QED) is 0.583. The van der Waals surface area contributed by atoms with Gasteiger partial charge in [-0.25, -0.2) is 0 Å². The van der Waals surface area contributed by atoms with Gasteiger partial charge in [-0.05, 0) is 0 Å². The Morgan fingerprint density at radius 3 is 2.71 bits per heavy atom. The SMILES string of the molecule is C=C(C[Se])C(=O)N1CCCC1C(=O)O. The number of amides is 1. The van der Waals surface area contributed by atoms with Crippen molar-refractivity contribution < 1.29 is 14.7 Å². The van der Waals surface area contributed by atoms with Crippen LogP contribution in [0.15, 0.2) is 12.2 Å². The van der Waals surface area contributed by atoms with Crippen molar-refractivity contribution in [2.24, 2.45) is 0 Å². The molecule has 1 saturated heterocycles. The summed E-state index contributed by atoms with van der Waals surface area (Å²) in [5.74, 6) is -1.17.